The average molecular weight is 196 g/mol. The van der Waals surface area contributed by atoms with Crippen LogP contribution in [-0.2, 0) is 0 Å². The molecule has 0 saturated carbocycles. The third-order valence-corrected chi connectivity index (χ3v) is 1.96. The number of pyridine rings is 1. The van der Waals surface area contributed by atoms with E-state index in [0.717, 1.165) is 6.20 Å². The molecule has 0 fully saturated rings. The fourth-order valence-electron chi connectivity index (χ4n) is 1.35. The lowest BCUT2D eigenvalue weighted by Crippen LogP contribution is -1.96. The van der Waals surface area contributed by atoms with Gasteiger partial charge in [-0.1, -0.05) is 0 Å². The van der Waals surface area contributed by atoms with Crippen LogP contribution in [0, 0.1) is 0 Å². The first-order chi connectivity index (χ1) is 6.74. The smallest absolute Gasteiger partial charge is 0.298 e. The van der Waals surface area contributed by atoms with Crippen LogP contribution >= 0.6 is 0 Å². The highest BCUT2D eigenvalue weighted by Crippen LogP contribution is 2.22. The molecule has 2 heterocycles. The molecule has 0 spiro atoms. The molecule has 0 atom stereocenters. The van der Waals surface area contributed by atoms with Crippen molar-refractivity contribution < 1.29 is 13.6 Å². The predicted octanol–water partition coefficient (Wildman–Crippen LogP) is 2.24. The normalized spacial score (nSPS) is 11.1. The zero-order valence-electron chi connectivity index (χ0n) is 7.02. The Kier molecular flexibility index (Phi) is 1.99. The molecule has 14 heavy (non-hydrogen) atoms. The summed E-state index contributed by atoms with van der Waals surface area (Å²) < 4.78 is 25.6. The van der Waals surface area contributed by atoms with Crippen molar-refractivity contribution in [1.82, 2.24) is 9.55 Å². The van der Waals surface area contributed by atoms with Gasteiger partial charge in [-0.3, -0.25) is 9.36 Å². The van der Waals surface area contributed by atoms with Crippen LogP contribution in [-0.4, -0.2) is 15.8 Å². The number of hydrogen-bond donors (Lipinski definition) is 0. The van der Waals surface area contributed by atoms with Crippen molar-refractivity contribution >= 4 is 17.3 Å². The highest BCUT2D eigenvalue weighted by atomic mass is 19.3. The number of fused-ring (bicyclic) bond motifs is 1. The lowest BCUT2D eigenvalue weighted by atomic mass is 10.2. The van der Waals surface area contributed by atoms with E-state index in [9.17, 15) is 13.6 Å². The van der Waals surface area contributed by atoms with Crippen LogP contribution in [0.25, 0.3) is 11.0 Å². The number of carbonyl (C=O) groups excluding carboxylic acids is 1. The summed E-state index contributed by atoms with van der Waals surface area (Å²) in [6.07, 6.45) is 3.06. The van der Waals surface area contributed by atoms with Crippen LogP contribution < -0.4 is 0 Å². The number of halogens is 2. The van der Waals surface area contributed by atoms with E-state index in [2.05, 4.69) is 4.98 Å². The quantitative estimate of drug-likeness (QED) is 0.690. The summed E-state index contributed by atoms with van der Waals surface area (Å²) in [5.41, 5.74) is 0.359. The zero-order valence-corrected chi connectivity index (χ0v) is 7.02. The molecule has 0 aromatic carbocycles. The van der Waals surface area contributed by atoms with Crippen molar-refractivity contribution in [2.75, 3.05) is 0 Å². The van der Waals surface area contributed by atoms with E-state index in [-0.39, 0.29) is 11.2 Å². The summed E-state index contributed by atoms with van der Waals surface area (Å²) in [5, 5.41) is 0.447. The van der Waals surface area contributed by atoms with Crippen LogP contribution in [0.3, 0.4) is 0 Å². The molecule has 3 nitrogen and oxygen atoms in total. The fourth-order valence-corrected chi connectivity index (χ4v) is 1.35. The van der Waals surface area contributed by atoms with Gasteiger partial charge in [0.15, 0.2) is 6.29 Å². The highest BCUT2D eigenvalue weighted by molar-refractivity contribution is 5.95. The lowest BCUT2D eigenvalue weighted by Gasteiger charge is -2.00. The van der Waals surface area contributed by atoms with Gasteiger partial charge in [-0.05, 0) is 12.1 Å². The molecule has 72 valence electrons. The Morgan fingerprint density at radius 3 is 2.93 bits per heavy atom. The molecule has 0 radical (unpaired) electrons. The number of hydrogen-bond acceptors (Lipinski definition) is 2. The summed E-state index contributed by atoms with van der Waals surface area (Å²) in [6, 6.07) is 3.19. The number of aldehydes is 1. The molecule has 0 aliphatic rings. The molecule has 0 unspecified atom stereocenters. The Morgan fingerprint density at radius 1 is 1.50 bits per heavy atom. The van der Waals surface area contributed by atoms with Gasteiger partial charge in [-0.25, -0.2) is 4.98 Å². The van der Waals surface area contributed by atoms with Gasteiger partial charge in [0, 0.05) is 23.3 Å². The molecule has 0 aliphatic carbocycles. The third kappa shape index (κ3) is 1.17. The average Bonchev–Trinajstić information content (AvgIpc) is 2.56. The van der Waals surface area contributed by atoms with E-state index >= 15 is 0 Å². The monoisotopic (exact) mass is 196 g/mol. The molecular weight excluding hydrogens is 190 g/mol. The van der Waals surface area contributed by atoms with Gasteiger partial charge in [-0.15, -0.1) is 0 Å². The molecule has 0 aliphatic heterocycles. The first-order valence-electron chi connectivity index (χ1n) is 3.93. The van der Waals surface area contributed by atoms with Gasteiger partial charge in [0.25, 0.3) is 0 Å². The zero-order chi connectivity index (χ0) is 10.1. The Bertz CT molecular complexity index is 479. The van der Waals surface area contributed by atoms with Crippen molar-refractivity contribution in [2.45, 2.75) is 6.55 Å². The van der Waals surface area contributed by atoms with E-state index in [1.54, 1.807) is 12.1 Å². The second kappa shape index (κ2) is 3.17. The summed E-state index contributed by atoms with van der Waals surface area (Å²) in [5.74, 6) is 0. The summed E-state index contributed by atoms with van der Waals surface area (Å²) >= 11 is 0. The van der Waals surface area contributed by atoms with Gasteiger partial charge in [0.1, 0.15) is 5.65 Å². The Balaban J connectivity index is 2.79. The summed E-state index contributed by atoms with van der Waals surface area (Å²) in [7, 11) is 0. The van der Waals surface area contributed by atoms with Crippen molar-refractivity contribution in [2.24, 2.45) is 0 Å². The van der Waals surface area contributed by atoms with Gasteiger partial charge in [0.05, 0.1) is 0 Å². The molecule has 2 aromatic rings. The predicted molar refractivity (Wildman–Crippen MR) is 46.4 cm³/mol. The molecule has 2 aromatic heterocycles. The highest BCUT2D eigenvalue weighted by Gasteiger charge is 2.14. The first kappa shape index (κ1) is 8.80. The molecule has 0 bridgehead atoms. The molecule has 5 heteroatoms. The van der Waals surface area contributed by atoms with E-state index in [4.69, 9.17) is 0 Å². The maximum Gasteiger partial charge on any atom is 0.320 e. The number of rotatable bonds is 2. The molecule has 0 N–H and O–H groups in total. The van der Waals surface area contributed by atoms with Crippen LogP contribution in [0.5, 0.6) is 0 Å². The van der Waals surface area contributed by atoms with Crippen LogP contribution in [0.1, 0.15) is 16.9 Å². The number of carbonyl (C=O) groups is 1. The minimum absolute atomic E-state index is 0.129. The van der Waals surface area contributed by atoms with Crippen molar-refractivity contribution in [1.29, 1.82) is 0 Å². The van der Waals surface area contributed by atoms with E-state index < -0.39 is 6.55 Å². The van der Waals surface area contributed by atoms with Crippen molar-refractivity contribution in [3.05, 3.63) is 30.1 Å². The third-order valence-electron chi connectivity index (χ3n) is 1.96. The second-order valence-electron chi connectivity index (χ2n) is 2.76. The molecular formula is C9H6F2N2O. The molecule has 0 saturated heterocycles. The SMILES string of the molecule is O=Cc1cn(C(F)F)c2ncccc12. The Labute approximate surface area is 78.0 Å². The summed E-state index contributed by atoms with van der Waals surface area (Å²) in [4.78, 5) is 14.4. The number of aromatic nitrogens is 2. The number of nitrogens with zero attached hydrogens (tertiary/aromatic N) is 2. The lowest BCUT2D eigenvalue weighted by molar-refractivity contribution is 0.0745. The van der Waals surface area contributed by atoms with Crippen LogP contribution in [0.2, 0.25) is 0 Å². The topological polar surface area (TPSA) is 34.9 Å². The largest absolute Gasteiger partial charge is 0.320 e. The van der Waals surface area contributed by atoms with Crippen molar-refractivity contribution in [3.63, 3.8) is 0 Å². The maximum atomic E-state index is 12.5. The molecule has 2 rings (SSSR count). The van der Waals surface area contributed by atoms with Crippen LogP contribution in [0.15, 0.2) is 24.5 Å². The fraction of sp³-hybridized carbons (Fsp3) is 0.111. The standard InChI is InChI=1S/C9H6F2N2O/c10-9(11)13-4-6(5-14)7-2-1-3-12-8(7)13/h1-5,9H. The van der Waals surface area contributed by atoms with E-state index in [1.807, 2.05) is 0 Å². The Hall–Kier alpha value is -1.78. The summed E-state index contributed by atoms with van der Waals surface area (Å²) in [6.45, 7) is -2.68. The minimum atomic E-state index is -2.68. The van der Waals surface area contributed by atoms with Gasteiger partial charge < -0.3 is 0 Å². The first-order valence-corrected chi connectivity index (χ1v) is 3.93. The van der Waals surface area contributed by atoms with Gasteiger partial charge in [0.2, 0.25) is 0 Å². The second-order valence-corrected chi connectivity index (χ2v) is 2.76. The Morgan fingerprint density at radius 2 is 2.29 bits per heavy atom. The van der Waals surface area contributed by atoms with Gasteiger partial charge >= 0.3 is 6.55 Å². The number of alkyl halides is 2. The van der Waals surface area contributed by atoms with Crippen LogP contribution in [0.4, 0.5) is 8.78 Å². The van der Waals surface area contributed by atoms with E-state index in [0.29, 0.717) is 16.2 Å². The maximum absolute atomic E-state index is 12.5. The van der Waals surface area contributed by atoms with Crippen molar-refractivity contribution in [3.8, 4) is 0 Å². The van der Waals surface area contributed by atoms with Gasteiger partial charge in [-0.2, -0.15) is 8.78 Å². The van der Waals surface area contributed by atoms with E-state index in [1.165, 1.54) is 6.20 Å². The molecule has 0 amide bonds. The minimum Gasteiger partial charge on any atom is -0.298 e.